The fraction of sp³-hybridized carbons (Fsp3) is 0.333. The van der Waals surface area contributed by atoms with Crippen LogP contribution in [0.25, 0.3) is 0 Å². The fourth-order valence-corrected chi connectivity index (χ4v) is 1.06. The lowest BCUT2D eigenvalue weighted by molar-refractivity contribution is 0.221. The summed E-state index contributed by atoms with van der Waals surface area (Å²) in [6, 6.07) is 4.33. The van der Waals surface area contributed by atoms with Gasteiger partial charge < -0.3 is 5.11 Å². The van der Waals surface area contributed by atoms with Gasteiger partial charge in [-0.25, -0.2) is 4.39 Å². The summed E-state index contributed by atoms with van der Waals surface area (Å²) in [7, 11) is 0. The maximum Gasteiger partial charge on any atom is 0.134 e. The first-order valence-electron chi connectivity index (χ1n) is 3.59. The van der Waals surface area contributed by atoms with Crippen LogP contribution in [0.5, 0.6) is 5.75 Å². The van der Waals surface area contributed by atoms with Crippen molar-refractivity contribution in [2.24, 2.45) is 0 Å². The van der Waals surface area contributed by atoms with E-state index in [4.69, 9.17) is 16.7 Å². The van der Waals surface area contributed by atoms with Gasteiger partial charge in [-0.2, -0.15) is 0 Å². The molecule has 1 nitrogen and oxygen atoms in total. The molecule has 0 fully saturated rings. The van der Waals surface area contributed by atoms with Crippen LogP contribution in [0.1, 0.15) is 19.4 Å². The van der Waals surface area contributed by atoms with Crippen molar-refractivity contribution in [3.05, 3.63) is 28.8 Å². The summed E-state index contributed by atoms with van der Waals surface area (Å²) in [5, 5.41) is 9.23. The molecular weight excluding hydrogens is 179 g/mol. The predicted molar refractivity (Wildman–Crippen MR) is 47.3 cm³/mol. The highest BCUT2D eigenvalue weighted by atomic mass is 35.5. The highest BCUT2D eigenvalue weighted by molar-refractivity contribution is 6.32. The van der Waals surface area contributed by atoms with E-state index in [-0.39, 0.29) is 10.8 Å². The molecule has 1 aromatic rings. The smallest absolute Gasteiger partial charge is 0.134 e. The molecule has 3 heteroatoms. The second kappa shape index (κ2) is 2.94. The Morgan fingerprint density at radius 1 is 1.42 bits per heavy atom. The Bertz CT molecular complexity index is 291. The van der Waals surface area contributed by atoms with Crippen LogP contribution in [-0.4, -0.2) is 5.11 Å². The topological polar surface area (TPSA) is 20.2 Å². The van der Waals surface area contributed by atoms with Crippen LogP contribution in [0, 0.1) is 0 Å². The monoisotopic (exact) mass is 188 g/mol. The maximum atomic E-state index is 13.3. The number of hydrogen-bond donors (Lipinski definition) is 1. The van der Waals surface area contributed by atoms with Crippen LogP contribution in [0.15, 0.2) is 18.2 Å². The Morgan fingerprint density at radius 2 is 2.00 bits per heavy atom. The van der Waals surface area contributed by atoms with Gasteiger partial charge in [0, 0.05) is 0 Å². The van der Waals surface area contributed by atoms with Crippen molar-refractivity contribution in [1.29, 1.82) is 0 Å². The number of phenolic OH excluding ortho intramolecular Hbond substituents is 1. The lowest BCUT2D eigenvalue weighted by Gasteiger charge is -2.14. The summed E-state index contributed by atoms with van der Waals surface area (Å²) in [5.74, 6) is -0.0235. The Hall–Kier alpha value is -0.760. The summed E-state index contributed by atoms with van der Waals surface area (Å²) >= 11 is 5.60. The van der Waals surface area contributed by atoms with E-state index in [1.807, 2.05) is 0 Å². The first-order chi connectivity index (χ1) is 5.41. The SMILES string of the molecule is CC(C)(F)c1ccc(O)c(Cl)c1. The van der Waals surface area contributed by atoms with Crippen LogP contribution in [0.3, 0.4) is 0 Å². The molecule has 0 heterocycles. The molecular formula is C9H10ClFO. The van der Waals surface area contributed by atoms with E-state index < -0.39 is 5.67 Å². The molecule has 12 heavy (non-hydrogen) atoms. The van der Waals surface area contributed by atoms with E-state index >= 15 is 0 Å². The van der Waals surface area contributed by atoms with Gasteiger partial charge in [-0.15, -0.1) is 0 Å². The summed E-state index contributed by atoms with van der Waals surface area (Å²) in [4.78, 5) is 0. The quantitative estimate of drug-likeness (QED) is 0.718. The summed E-state index contributed by atoms with van der Waals surface area (Å²) in [6.45, 7) is 2.88. The molecule has 0 saturated heterocycles. The number of hydrogen-bond acceptors (Lipinski definition) is 1. The van der Waals surface area contributed by atoms with E-state index in [9.17, 15) is 4.39 Å². The Morgan fingerprint density at radius 3 is 2.42 bits per heavy atom. The molecule has 0 atom stereocenters. The first kappa shape index (κ1) is 9.33. The molecule has 0 spiro atoms. The molecule has 1 aromatic carbocycles. The normalized spacial score (nSPS) is 11.7. The van der Waals surface area contributed by atoms with Crippen LogP contribution in [-0.2, 0) is 5.67 Å². The molecule has 0 saturated carbocycles. The third kappa shape index (κ3) is 1.89. The average Bonchev–Trinajstić information content (AvgIpc) is 1.92. The van der Waals surface area contributed by atoms with Crippen LogP contribution in [0.2, 0.25) is 5.02 Å². The zero-order valence-corrected chi connectivity index (χ0v) is 7.69. The standard InChI is InChI=1S/C9H10ClFO/c1-9(2,11)6-3-4-8(12)7(10)5-6/h3-5,12H,1-2H3. The Balaban J connectivity index is 3.14. The zero-order chi connectivity index (χ0) is 9.35. The highest BCUT2D eigenvalue weighted by Gasteiger charge is 2.19. The number of rotatable bonds is 1. The van der Waals surface area contributed by atoms with Crippen molar-refractivity contribution in [2.75, 3.05) is 0 Å². The van der Waals surface area contributed by atoms with Gasteiger partial charge in [0.1, 0.15) is 11.4 Å². The third-order valence-electron chi connectivity index (χ3n) is 1.63. The molecule has 0 unspecified atom stereocenters. The summed E-state index contributed by atoms with van der Waals surface area (Å²) in [6.07, 6.45) is 0. The number of aromatic hydroxyl groups is 1. The van der Waals surface area contributed by atoms with Gasteiger partial charge in [0.2, 0.25) is 0 Å². The minimum absolute atomic E-state index is 0.0235. The third-order valence-corrected chi connectivity index (χ3v) is 1.94. The van der Waals surface area contributed by atoms with Gasteiger partial charge in [-0.05, 0) is 31.5 Å². The molecule has 0 radical (unpaired) electrons. The minimum Gasteiger partial charge on any atom is -0.506 e. The van der Waals surface area contributed by atoms with Crippen LogP contribution >= 0.6 is 11.6 Å². The molecule has 0 aromatic heterocycles. The zero-order valence-electron chi connectivity index (χ0n) is 6.94. The van der Waals surface area contributed by atoms with Gasteiger partial charge in [0.25, 0.3) is 0 Å². The minimum atomic E-state index is -1.42. The van der Waals surface area contributed by atoms with Crippen LogP contribution < -0.4 is 0 Å². The Kier molecular flexibility index (Phi) is 2.29. The van der Waals surface area contributed by atoms with Crippen molar-refractivity contribution < 1.29 is 9.50 Å². The molecule has 0 aliphatic rings. The van der Waals surface area contributed by atoms with E-state index in [1.165, 1.54) is 32.0 Å². The maximum absolute atomic E-state index is 13.3. The van der Waals surface area contributed by atoms with Crippen molar-refractivity contribution >= 4 is 11.6 Å². The average molecular weight is 189 g/mol. The largest absolute Gasteiger partial charge is 0.506 e. The van der Waals surface area contributed by atoms with E-state index in [1.54, 1.807) is 0 Å². The molecule has 0 aliphatic carbocycles. The first-order valence-corrected chi connectivity index (χ1v) is 3.97. The number of alkyl halides is 1. The van der Waals surface area contributed by atoms with E-state index in [2.05, 4.69) is 0 Å². The van der Waals surface area contributed by atoms with Crippen molar-refractivity contribution in [3.63, 3.8) is 0 Å². The number of halogens is 2. The fourth-order valence-electron chi connectivity index (χ4n) is 0.877. The number of benzene rings is 1. The number of phenols is 1. The van der Waals surface area contributed by atoms with Gasteiger partial charge >= 0.3 is 0 Å². The molecule has 0 aliphatic heterocycles. The van der Waals surface area contributed by atoms with E-state index in [0.717, 1.165) is 0 Å². The predicted octanol–water partition coefficient (Wildman–Crippen LogP) is 3.25. The van der Waals surface area contributed by atoms with Crippen molar-refractivity contribution in [1.82, 2.24) is 0 Å². The van der Waals surface area contributed by atoms with Crippen molar-refractivity contribution in [3.8, 4) is 5.75 Å². The molecule has 0 amide bonds. The lowest BCUT2D eigenvalue weighted by Crippen LogP contribution is -2.08. The second-order valence-corrected chi connectivity index (χ2v) is 3.55. The van der Waals surface area contributed by atoms with Crippen LogP contribution in [0.4, 0.5) is 4.39 Å². The summed E-state index contributed by atoms with van der Waals surface area (Å²) in [5.41, 5.74) is -0.956. The molecule has 66 valence electrons. The highest BCUT2D eigenvalue weighted by Crippen LogP contribution is 2.31. The molecule has 1 rings (SSSR count). The van der Waals surface area contributed by atoms with Gasteiger partial charge in [-0.1, -0.05) is 17.7 Å². The molecule has 0 bridgehead atoms. The lowest BCUT2D eigenvalue weighted by atomic mass is 10.0. The van der Waals surface area contributed by atoms with Gasteiger partial charge in [0.05, 0.1) is 5.02 Å². The van der Waals surface area contributed by atoms with E-state index in [0.29, 0.717) is 5.56 Å². The summed E-state index contributed by atoms with van der Waals surface area (Å²) < 4.78 is 13.3. The van der Waals surface area contributed by atoms with Gasteiger partial charge in [-0.3, -0.25) is 0 Å². The molecule has 1 N–H and O–H groups in total. The Labute approximate surface area is 75.8 Å². The second-order valence-electron chi connectivity index (χ2n) is 3.14. The van der Waals surface area contributed by atoms with Crippen molar-refractivity contribution in [2.45, 2.75) is 19.5 Å². The van der Waals surface area contributed by atoms with Gasteiger partial charge in [0.15, 0.2) is 0 Å².